The molecule has 3 aromatic rings. The Morgan fingerprint density at radius 3 is 2.57 bits per heavy atom. The summed E-state index contributed by atoms with van der Waals surface area (Å²) in [5.41, 5.74) is 3.08. The van der Waals surface area contributed by atoms with Gasteiger partial charge in [0.2, 0.25) is 0 Å². The Labute approximate surface area is 162 Å². The first kappa shape index (κ1) is 18.2. The summed E-state index contributed by atoms with van der Waals surface area (Å²) in [5, 5.41) is 7.59. The smallest absolute Gasteiger partial charge is 0.259 e. The number of carbonyl (C=O) groups is 2. The molecule has 2 aromatic heterocycles. The fourth-order valence-electron chi connectivity index (χ4n) is 3.81. The number of pyridine rings is 1. The van der Waals surface area contributed by atoms with Crippen LogP contribution in [0.2, 0.25) is 0 Å². The van der Waals surface area contributed by atoms with E-state index in [9.17, 15) is 9.59 Å². The summed E-state index contributed by atoms with van der Waals surface area (Å²) >= 11 is 0. The Bertz CT molecular complexity index is 1020. The van der Waals surface area contributed by atoms with Crippen molar-refractivity contribution in [3.05, 3.63) is 58.9 Å². The fraction of sp³-hybridized carbons (Fsp3) is 0.333. The van der Waals surface area contributed by atoms with Crippen LogP contribution in [0.25, 0.3) is 11.1 Å². The van der Waals surface area contributed by atoms with Crippen LogP contribution in [0.4, 0.5) is 0 Å². The van der Waals surface area contributed by atoms with E-state index in [4.69, 9.17) is 4.52 Å². The minimum absolute atomic E-state index is 0.0485. The van der Waals surface area contributed by atoms with Crippen molar-refractivity contribution in [1.29, 1.82) is 0 Å². The summed E-state index contributed by atoms with van der Waals surface area (Å²) in [6.45, 7) is 3.10. The van der Waals surface area contributed by atoms with Gasteiger partial charge in [0.25, 0.3) is 17.5 Å². The maximum atomic E-state index is 12.7. The van der Waals surface area contributed by atoms with E-state index in [1.807, 2.05) is 42.2 Å². The molecule has 0 bridgehead atoms. The largest absolute Gasteiger partial charge is 0.355 e. The molecule has 0 spiro atoms. The van der Waals surface area contributed by atoms with Gasteiger partial charge in [-0.25, -0.2) is 4.98 Å². The molecule has 2 amide bonds. The molecule has 1 fully saturated rings. The third-order valence-electron chi connectivity index (χ3n) is 5.26. The quantitative estimate of drug-likeness (QED) is 0.757. The van der Waals surface area contributed by atoms with E-state index < -0.39 is 0 Å². The summed E-state index contributed by atoms with van der Waals surface area (Å²) in [4.78, 5) is 31.3. The lowest BCUT2D eigenvalue weighted by atomic mass is 9.90. The number of hydrogen-bond donors (Lipinski definition) is 1. The van der Waals surface area contributed by atoms with Gasteiger partial charge in [-0.1, -0.05) is 23.4 Å². The van der Waals surface area contributed by atoms with Crippen LogP contribution >= 0.6 is 0 Å². The van der Waals surface area contributed by atoms with E-state index in [0.717, 1.165) is 18.5 Å². The molecule has 1 aliphatic heterocycles. The van der Waals surface area contributed by atoms with Crippen LogP contribution in [0.3, 0.4) is 0 Å². The van der Waals surface area contributed by atoms with E-state index in [0.29, 0.717) is 41.0 Å². The molecule has 1 aromatic carbocycles. The van der Waals surface area contributed by atoms with E-state index in [1.165, 1.54) is 0 Å². The standard InChI is InChI=1S/C21H22N4O3/c1-13-12-16(19(26)22-2)17-18(24-28-20(17)23-13)14-8-10-25(11-9-14)21(27)15-6-4-3-5-7-15/h3-7,12,14H,8-11H2,1-2H3,(H,22,26). The lowest BCUT2D eigenvalue weighted by Crippen LogP contribution is -2.38. The molecular formula is C21H22N4O3. The van der Waals surface area contributed by atoms with Crippen LogP contribution in [0.15, 0.2) is 40.9 Å². The van der Waals surface area contributed by atoms with Crippen molar-refractivity contribution in [1.82, 2.24) is 20.4 Å². The first-order valence-electron chi connectivity index (χ1n) is 9.42. The first-order valence-corrected chi connectivity index (χ1v) is 9.42. The van der Waals surface area contributed by atoms with E-state index in [1.54, 1.807) is 13.1 Å². The second-order valence-corrected chi connectivity index (χ2v) is 7.07. The fourth-order valence-corrected chi connectivity index (χ4v) is 3.81. The predicted octanol–water partition coefficient (Wildman–Crippen LogP) is 2.91. The van der Waals surface area contributed by atoms with Crippen molar-refractivity contribution in [3.63, 3.8) is 0 Å². The number of aryl methyl sites for hydroxylation is 1. The number of rotatable bonds is 3. The number of piperidine rings is 1. The van der Waals surface area contributed by atoms with Gasteiger partial charge < -0.3 is 14.7 Å². The molecular weight excluding hydrogens is 356 g/mol. The normalized spacial score (nSPS) is 15.0. The van der Waals surface area contributed by atoms with Gasteiger partial charge in [0, 0.05) is 37.3 Å². The number of amides is 2. The molecule has 0 aliphatic carbocycles. The van der Waals surface area contributed by atoms with Crippen LogP contribution in [-0.4, -0.2) is 47.0 Å². The number of fused-ring (bicyclic) bond motifs is 1. The van der Waals surface area contributed by atoms with Crippen LogP contribution in [-0.2, 0) is 0 Å². The number of likely N-dealkylation sites (tertiary alicyclic amines) is 1. The minimum atomic E-state index is -0.184. The SMILES string of the molecule is CNC(=O)c1cc(C)nc2onc(C3CCN(C(=O)c4ccccc4)CC3)c12. The maximum absolute atomic E-state index is 12.7. The molecule has 0 atom stereocenters. The molecule has 7 heteroatoms. The number of hydrogen-bond acceptors (Lipinski definition) is 5. The number of benzene rings is 1. The third kappa shape index (κ3) is 3.24. The monoisotopic (exact) mass is 378 g/mol. The zero-order chi connectivity index (χ0) is 19.7. The molecule has 3 heterocycles. The van der Waals surface area contributed by atoms with Gasteiger partial charge in [-0.15, -0.1) is 0 Å². The lowest BCUT2D eigenvalue weighted by molar-refractivity contribution is 0.0711. The third-order valence-corrected chi connectivity index (χ3v) is 5.26. The molecule has 144 valence electrons. The molecule has 7 nitrogen and oxygen atoms in total. The molecule has 1 saturated heterocycles. The van der Waals surface area contributed by atoms with Crippen molar-refractivity contribution in [2.24, 2.45) is 0 Å². The predicted molar refractivity (Wildman–Crippen MR) is 104 cm³/mol. The topological polar surface area (TPSA) is 88.3 Å². The zero-order valence-electron chi connectivity index (χ0n) is 15.9. The first-order chi connectivity index (χ1) is 13.6. The number of aromatic nitrogens is 2. The van der Waals surface area contributed by atoms with E-state index in [-0.39, 0.29) is 17.7 Å². The highest BCUT2D eigenvalue weighted by Gasteiger charge is 2.30. The van der Waals surface area contributed by atoms with Crippen LogP contribution < -0.4 is 5.32 Å². The highest BCUT2D eigenvalue weighted by Crippen LogP contribution is 2.34. The van der Waals surface area contributed by atoms with E-state index >= 15 is 0 Å². The minimum Gasteiger partial charge on any atom is -0.355 e. The summed E-state index contributed by atoms with van der Waals surface area (Å²) in [6.07, 6.45) is 1.53. The Hall–Kier alpha value is -3.22. The molecule has 0 radical (unpaired) electrons. The lowest BCUT2D eigenvalue weighted by Gasteiger charge is -2.31. The number of nitrogens with zero attached hydrogens (tertiary/aromatic N) is 3. The van der Waals surface area contributed by atoms with E-state index in [2.05, 4.69) is 15.5 Å². The molecule has 0 unspecified atom stereocenters. The van der Waals surface area contributed by atoms with Gasteiger partial charge in [0.1, 0.15) is 0 Å². The molecule has 1 aliphatic rings. The van der Waals surface area contributed by atoms with Gasteiger partial charge in [0.15, 0.2) is 0 Å². The summed E-state index contributed by atoms with van der Waals surface area (Å²) in [6, 6.07) is 11.1. The Morgan fingerprint density at radius 1 is 1.18 bits per heavy atom. The second-order valence-electron chi connectivity index (χ2n) is 7.07. The summed E-state index contributed by atoms with van der Waals surface area (Å²) in [5.74, 6) is -0.0157. The molecule has 4 rings (SSSR count). The molecule has 0 saturated carbocycles. The molecule has 28 heavy (non-hydrogen) atoms. The highest BCUT2D eigenvalue weighted by molar-refractivity contribution is 6.06. The van der Waals surface area contributed by atoms with Crippen molar-refractivity contribution < 1.29 is 14.1 Å². The van der Waals surface area contributed by atoms with Crippen LogP contribution in [0.1, 0.15) is 50.9 Å². The second kappa shape index (κ2) is 7.42. The van der Waals surface area contributed by atoms with Crippen LogP contribution in [0, 0.1) is 6.92 Å². The van der Waals surface area contributed by atoms with Crippen LogP contribution in [0.5, 0.6) is 0 Å². The zero-order valence-corrected chi connectivity index (χ0v) is 15.9. The summed E-state index contributed by atoms with van der Waals surface area (Å²) < 4.78 is 5.44. The molecule has 1 N–H and O–H groups in total. The van der Waals surface area contributed by atoms with Gasteiger partial charge in [-0.2, -0.15) is 0 Å². The summed E-state index contributed by atoms with van der Waals surface area (Å²) in [7, 11) is 1.60. The van der Waals surface area contributed by atoms with Gasteiger partial charge in [-0.05, 0) is 38.0 Å². The number of nitrogens with one attached hydrogen (secondary N) is 1. The number of carbonyl (C=O) groups excluding carboxylic acids is 2. The average Bonchev–Trinajstić information content (AvgIpc) is 3.16. The van der Waals surface area contributed by atoms with Crippen molar-refractivity contribution in [2.45, 2.75) is 25.7 Å². The van der Waals surface area contributed by atoms with Crippen molar-refractivity contribution in [3.8, 4) is 0 Å². The Kier molecular flexibility index (Phi) is 4.81. The van der Waals surface area contributed by atoms with Gasteiger partial charge in [0.05, 0.1) is 16.6 Å². The average molecular weight is 378 g/mol. The van der Waals surface area contributed by atoms with Gasteiger partial charge >= 0.3 is 0 Å². The highest BCUT2D eigenvalue weighted by atomic mass is 16.5. The van der Waals surface area contributed by atoms with Gasteiger partial charge in [-0.3, -0.25) is 9.59 Å². The van der Waals surface area contributed by atoms with Crippen molar-refractivity contribution in [2.75, 3.05) is 20.1 Å². The van der Waals surface area contributed by atoms with Crippen molar-refractivity contribution >= 4 is 22.9 Å². The maximum Gasteiger partial charge on any atom is 0.259 e. The Morgan fingerprint density at radius 2 is 1.89 bits per heavy atom. The Balaban J connectivity index is 1.58.